The van der Waals surface area contributed by atoms with Crippen LogP contribution in [0.4, 0.5) is 4.79 Å². The Balaban J connectivity index is 1.83. The minimum absolute atomic E-state index is 0.0107. The standard InChI is InChI=1S/C15H27N3O3/c1-11-10-17(2)8-3-9-18(11)15(21)16-13-6-4-12(5-7-13)14(19)20/h11-13H,3-10H2,1-2H3,(H,16,21)(H,19,20). The number of rotatable bonds is 2. The van der Waals surface area contributed by atoms with Crippen LogP contribution in [0.5, 0.6) is 0 Å². The van der Waals surface area contributed by atoms with Crippen LogP contribution in [0.3, 0.4) is 0 Å². The molecule has 2 N–H and O–H groups in total. The molecule has 0 aromatic rings. The van der Waals surface area contributed by atoms with E-state index in [0.29, 0.717) is 12.8 Å². The number of aliphatic carboxylic acids is 1. The third-order valence-electron chi connectivity index (χ3n) is 4.71. The van der Waals surface area contributed by atoms with Crippen LogP contribution in [0.1, 0.15) is 39.0 Å². The zero-order valence-corrected chi connectivity index (χ0v) is 13.0. The van der Waals surface area contributed by atoms with Gasteiger partial charge in [-0.1, -0.05) is 0 Å². The Bertz CT molecular complexity index is 380. The second-order valence-electron chi connectivity index (χ2n) is 6.49. The first-order valence-electron chi connectivity index (χ1n) is 7.96. The molecule has 1 aliphatic heterocycles. The van der Waals surface area contributed by atoms with Gasteiger partial charge in [0.25, 0.3) is 0 Å². The molecule has 0 spiro atoms. The van der Waals surface area contributed by atoms with Crippen molar-refractivity contribution in [3.63, 3.8) is 0 Å². The molecule has 0 radical (unpaired) electrons. The lowest BCUT2D eigenvalue weighted by molar-refractivity contribution is -0.142. The van der Waals surface area contributed by atoms with Crippen LogP contribution in [0.15, 0.2) is 0 Å². The molecule has 2 aliphatic rings. The number of likely N-dealkylation sites (N-methyl/N-ethyl adjacent to an activating group) is 1. The van der Waals surface area contributed by atoms with Gasteiger partial charge in [-0.25, -0.2) is 4.79 Å². The molecule has 2 amide bonds. The van der Waals surface area contributed by atoms with E-state index < -0.39 is 5.97 Å². The number of carboxylic acids is 1. The molecule has 21 heavy (non-hydrogen) atoms. The summed E-state index contributed by atoms with van der Waals surface area (Å²) in [6, 6.07) is 0.353. The van der Waals surface area contributed by atoms with Crippen molar-refractivity contribution in [2.45, 2.75) is 51.1 Å². The Morgan fingerprint density at radius 3 is 2.43 bits per heavy atom. The SMILES string of the molecule is CC1CN(C)CCCN1C(=O)NC1CCC(C(=O)O)CC1. The number of carbonyl (C=O) groups is 2. The molecule has 0 bridgehead atoms. The first-order valence-corrected chi connectivity index (χ1v) is 7.96. The Morgan fingerprint density at radius 2 is 1.81 bits per heavy atom. The van der Waals surface area contributed by atoms with E-state index in [0.717, 1.165) is 38.9 Å². The monoisotopic (exact) mass is 297 g/mol. The Morgan fingerprint density at radius 1 is 1.14 bits per heavy atom. The Labute approximate surface area is 126 Å². The molecule has 1 heterocycles. The van der Waals surface area contributed by atoms with Gasteiger partial charge in [-0.05, 0) is 52.6 Å². The number of urea groups is 1. The van der Waals surface area contributed by atoms with Crippen LogP contribution < -0.4 is 5.32 Å². The molecule has 1 saturated carbocycles. The number of hydrogen-bond donors (Lipinski definition) is 2. The lowest BCUT2D eigenvalue weighted by Gasteiger charge is -2.32. The normalized spacial score (nSPS) is 31.5. The molecular formula is C15H27N3O3. The van der Waals surface area contributed by atoms with Crippen molar-refractivity contribution in [2.75, 3.05) is 26.7 Å². The molecule has 1 atom stereocenters. The fraction of sp³-hybridized carbons (Fsp3) is 0.867. The van der Waals surface area contributed by atoms with Gasteiger partial charge >= 0.3 is 12.0 Å². The predicted octanol–water partition coefficient (Wildman–Crippen LogP) is 1.37. The van der Waals surface area contributed by atoms with Crippen LogP contribution in [0.2, 0.25) is 0 Å². The highest BCUT2D eigenvalue weighted by Gasteiger charge is 2.29. The third kappa shape index (κ3) is 4.33. The molecule has 2 rings (SSSR count). The van der Waals surface area contributed by atoms with Gasteiger partial charge in [0.1, 0.15) is 0 Å². The van der Waals surface area contributed by atoms with E-state index in [4.69, 9.17) is 5.11 Å². The van der Waals surface area contributed by atoms with Gasteiger partial charge in [-0.3, -0.25) is 4.79 Å². The van der Waals surface area contributed by atoms with Gasteiger partial charge in [-0.15, -0.1) is 0 Å². The first kappa shape index (κ1) is 16.1. The summed E-state index contributed by atoms with van der Waals surface area (Å²) in [4.78, 5) is 27.6. The molecule has 1 unspecified atom stereocenters. The highest BCUT2D eigenvalue weighted by molar-refractivity contribution is 5.75. The van der Waals surface area contributed by atoms with E-state index in [-0.39, 0.29) is 24.0 Å². The van der Waals surface area contributed by atoms with E-state index in [9.17, 15) is 9.59 Å². The molecule has 1 aliphatic carbocycles. The molecule has 2 fully saturated rings. The number of carbonyl (C=O) groups excluding carboxylic acids is 1. The van der Waals surface area contributed by atoms with Gasteiger partial charge in [0.05, 0.1) is 5.92 Å². The number of nitrogens with zero attached hydrogens (tertiary/aromatic N) is 2. The average Bonchev–Trinajstić information content (AvgIpc) is 2.60. The molecule has 0 aromatic heterocycles. The second kappa shape index (κ2) is 7.11. The summed E-state index contributed by atoms with van der Waals surface area (Å²) >= 11 is 0. The van der Waals surface area contributed by atoms with E-state index in [1.54, 1.807) is 0 Å². The maximum atomic E-state index is 12.4. The van der Waals surface area contributed by atoms with Crippen molar-refractivity contribution < 1.29 is 14.7 Å². The highest BCUT2D eigenvalue weighted by atomic mass is 16.4. The molecule has 0 aromatic carbocycles. The van der Waals surface area contributed by atoms with Crippen LogP contribution in [-0.4, -0.2) is 65.7 Å². The van der Waals surface area contributed by atoms with Crippen molar-refractivity contribution in [1.82, 2.24) is 15.1 Å². The predicted molar refractivity (Wildman–Crippen MR) is 80.2 cm³/mol. The fourth-order valence-corrected chi connectivity index (χ4v) is 3.42. The van der Waals surface area contributed by atoms with Gasteiger partial charge in [0.15, 0.2) is 0 Å². The first-order chi connectivity index (χ1) is 9.97. The molecule has 6 heteroatoms. The van der Waals surface area contributed by atoms with Crippen LogP contribution in [-0.2, 0) is 4.79 Å². The van der Waals surface area contributed by atoms with Crippen LogP contribution in [0, 0.1) is 5.92 Å². The van der Waals surface area contributed by atoms with Crippen molar-refractivity contribution in [2.24, 2.45) is 5.92 Å². The zero-order valence-electron chi connectivity index (χ0n) is 13.0. The van der Waals surface area contributed by atoms with Gasteiger partial charge < -0.3 is 20.2 Å². The Hall–Kier alpha value is -1.30. The summed E-state index contributed by atoms with van der Waals surface area (Å²) in [6.45, 7) is 4.81. The van der Waals surface area contributed by atoms with Crippen LogP contribution >= 0.6 is 0 Å². The van der Waals surface area contributed by atoms with E-state index in [2.05, 4.69) is 24.2 Å². The topological polar surface area (TPSA) is 72.9 Å². The molecule has 6 nitrogen and oxygen atoms in total. The number of nitrogens with one attached hydrogen (secondary N) is 1. The summed E-state index contributed by atoms with van der Waals surface area (Å²) in [7, 11) is 2.09. The fourth-order valence-electron chi connectivity index (χ4n) is 3.42. The molecule has 1 saturated heterocycles. The number of hydrogen-bond acceptors (Lipinski definition) is 3. The van der Waals surface area contributed by atoms with Crippen molar-refractivity contribution in [3.8, 4) is 0 Å². The minimum atomic E-state index is -0.705. The summed E-state index contributed by atoms with van der Waals surface area (Å²) in [5.74, 6) is -0.937. The lowest BCUT2D eigenvalue weighted by Crippen LogP contribution is -2.50. The highest BCUT2D eigenvalue weighted by Crippen LogP contribution is 2.24. The minimum Gasteiger partial charge on any atom is -0.481 e. The zero-order chi connectivity index (χ0) is 15.4. The summed E-state index contributed by atoms with van der Waals surface area (Å²) in [6.07, 6.45) is 3.87. The summed E-state index contributed by atoms with van der Waals surface area (Å²) in [5.41, 5.74) is 0. The van der Waals surface area contributed by atoms with Gasteiger partial charge in [0, 0.05) is 25.2 Å². The average molecular weight is 297 g/mol. The summed E-state index contributed by atoms with van der Waals surface area (Å²) < 4.78 is 0. The van der Waals surface area contributed by atoms with Crippen molar-refractivity contribution in [1.29, 1.82) is 0 Å². The molecular weight excluding hydrogens is 270 g/mol. The van der Waals surface area contributed by atoms with Gasteiger partial charge in [-0.2, -0.15) is 0 Å². The molecule has 120 valence electrons. The second-order valence-corrected chi connectivity index (χ2v) is 6.49. The smallest absolute Gasteiger partial charge is 0.317 e. The Kier molecular flexibility index (Phi) is 5.45. The largest absolute Gasteiger partial charge is 0.481 e. The van der Waals surface area contributed by atoms with E-state index >= 15 is 0 Å². The van der Waals surface area contributed by atoms with Gasteiger partial charge in [0.2, 0.25) is 0 Å². The van der Waals surface area contributed by atoms with Crippen LogP contribution in [0.25, 0.3) is 0 Å². The lowest BCUT2D eigenvalue weighted by atomic mass is 9.86. The third-order valence-corrected chi connectivity index (χ3v) is 4.71. The number of carboxylic acid groups (broad SMARTS) is 1. The van der Waals surface area contributed by atoms with Crippen molar-refractivity contribution >= 4 is 12.0 Å². The van der Waals surface area contributed by atoms with Crippen molar-refractivity contribution in [3.05, 3.63) is 0 Å². The summed E-state index contributed by atoms with van der Waals surface area (Å²) in [5, 5.41) is 12.1. The quantitative estimate of drug-likeness (QED) is 0.807. The maximum absolute atomic E-state index is 12.4. The van der Waals surface area contributed by atoms with E-state index in [1.165, 1.54) is 0 Å². The maximum Gasteiger partial charge on any atom is 0.317 e. The van der Waals surface area contributed by atoms with E-state index in [1.807, 2.05) is 4.90 Å². The number of amides is 2.